The van der Waals surface area contributed by atoms with E-state index in [0.717, 1.165) is 12.1 Å². The molecule has 5 heteroatoms. The number of hydrogen-bond donors (Lipinski definition) is 2. The summed E-state index contributed by atoms with van der Waals surface area (Å²) in [6.07, 6.45) is 3.03. The van der Waals surface area contributed by atoms with Crippen molar-refractivity contribution in [1.82, 2.24) is 10.3 Å². The standard InChI is InChI=1S/C12H19N3OS/c1-8-6-10(7-11(13)15-8)12(16)14-5-4-9(2)17-3/h6-7,9H,4-5H2,1-3H3,(H2,13,15)(H,14,16). The van der Waals surface area contributed by atoms with Gasteiger partial charge in [0.1, 0.15) is 5.82 Å². The van der Waals surface area contributed by atoms with Gasteiger partial charge in [0.05, 0.1) is 0 Å². The van der Waals surface area contributed by atoms with E-state index in [9.17, 15) is 4.79 Å². The molecule has 0 bridgehead atoms. The van der Waals surface area contributed by atoms with Gasteiger partial charge in [0.25, 0.3) is 5.91 Å². The highest BCUT2D eigenvalue weighted by atomic mass is 32.2. The maximum Gasteiger partial charge on any atom is 0.251 e. The maximum absolute atomic E-state index is 11.8. The molecule has 0 aliphatic rings. The minimum absolute atomic E-state index is 0.0875. The summed E-state index contributed by atoms with van der Waals surface area (Å²) < 4.78 is 0. The van der Waals surface area contributed by atoms with E-state index in [4.69, 9.17) is 5.73 Å². The SMILES string of the molecule is CSC(C)CCNC(=O)c1cc(C)nc(N)c1. The van der Waals surface area contributed by atoms with Gasteiger partial charge >= 0.3 is 0 Å². The van der Waals surface area contributed by atoms with Gasteiger partial charge in [0.15, 0.2) is 0 Å². The third kappa shape index (κ3) is 4.65. The molecule has 0 aromatic carbocycles. The molecule has 1 unspecified atom stereocenters. The van der Waals surface area contributed by atoms with Crippen LogP contribution < -0.4 is 11.1 Å². The van der Waals surface area contributed by atoms with E-state index in [0.29, 0.717) is 23.2 Å². The summed E-state index contributed by atoms with van der Waals surface area (Å²) in [6, 6.07) is 3.34. The molecule has 0 aliphatic carbocycles. The summed E-state index contributed by atoms with van der Waals surface area (Å²) in [5, 5.41) is 3.44. The summed E-state index contributed by atoms with van der Waals surface area (Å²) >= 11 is 1.80. The van der Waals surface area contributed by atoms with Gasteiger partial charge < -0.3 is 11.1 Å². The molecule has 17 heavy (non-hydrogen) atoms. The highest BCUT2D eigenvalue weighted by Gasteiger charge is 2.07. The Morgan fingerprint density at radius 3 is 2.88 bits per heavy atom. The predicted octanol–water partition coefficient (Wildman–Crippen LogP) is 1.84. The van der Waals surface area contributed by atoms with Crippen LogP contribution in [0.4, 0.5) is 5.82 Å². The number of hydrogen-bond acceptors (Lipinski definition) is 4. The van der Waals surface area contributed by atoms with Gasteiger partial charge in [-0.1, -0.05) is 6.92 Å². The Morgan fingerprint density at radius 2 is 2.29 bits per heavy atom. The Labute approximate surface area is 106 Å². The highest BCUT2D eigenvalue weighted by Crippen LogP contribution is 2.09. The van der Waals surface area contributed by atoms with Crippen LogP contribution >= 0.6 is 11.8 Å². The van der Waals surface area contributed by atoms with Crippen LogP contribution in [0.3, 0.4) is 0 Å². The summed E-state index contributed by atoms with van der Waals surface area (Å²) in [6.45, 7) is 4.65. The predicted molar refractivity (Wildman–Crippen MR) is 73.3 cm³/mol. The number of anilines is 1. The Morgan fingerprint density at radius 1 is 1.59 bits per heavy atom. The third-order valence-corrected chi connectivity index (χ3v) is 3.51. The zero-order valence-electron chi connectivity index (χ0n) is 10.5. The first-order chi connectivity index (χ1) is 8.02. The fourth-order valence-corrected chi connectivity index (χ4v) is 1.79. The second-order valence-corrected chi connectivity index (χ2v) is 5.29. The molecule has 0 saturated carbocycles. The highest BCUT2D eigenvalue weighted by molar-refractivity contribution is 7.99. The van der Waals surface area contributed by atoms with Gasteiger partial charge in [-0.25, -0.2) is 4.98 Å². The van der Waals surface area contributed by atoms with Crippen LogP contribution in [0.1, 0.15) is 29.4 Å². The molecule has 3 N–H and O–H groups in total. The summed E-state index contributed by atoms with van der Waals surface area (Å²) in [4.78, 5) is 15.9. The monoisotopic (exact) mass is 253 g/mol. The topological polar surface area (TPSA) is 68.0 Å². The molecule has 0 radical (unpaired) electrons. The maximum atomic E-state index is 11.8. The summed E-state index contributed by atoms with van der Waals surface area (Å²) in [5.74, 6) is 0.295. The van der Waals surface area contributed by atoms with Gasteiger partial charge in [-0.3, -0.25) is 4.79 Å². The van der Waals surface area contributed by atoms with E-state index >= 15 is 0 Å². The van der Waals surface area contributed by atoms with Crippen molar-refractivity contribution < 1.29 is 4.79 Å². The zero-order valence-corrected chi connectivity index (χ0v) is 11.3. The number of nitrogens with zero attached hydrogens (tertiary/aromatic N) is 1. The lowest BCUT2D eigenvalue weighted by Crippen LogP contribution is -2.26. The number of rotatable bonds is 5. The van der Waals surface area contributed by atoms with Crippen molar-refractivity contribution in [3.8, 4) is 0 Å². The largest absolute Gasteiger partial charge is 0.384 e. The number of carbonyl (C=O) groups excluding carboxylic acids is 1. The van der Waals surface area contributed by atoms with E-state index in [-0.39, 0.29) is 5.91 Å². The van der Waals surface area contributed by atoms with Gasteiger partial charge in [-0.05, 0) is 31.7 Å². The lowest BCUT2D eigenvalue weighted by Gasteiger charge is -2.09. The van der Waals surface area contributed by atoms with Crippen LogP contribution in [0.15, 0.2) is 12.1 Å². The molecule has 0 fully saturated rings. The third-order valence-electron chi connectivity index (χ3n) is 2.47. The van der Waals surface area contributed by atoms with Crippen molar-refractivity contribution in [1.29, 1.82) is 0 Å². The van der Waals surface area contributed by atoms with E-state index in [2.05, 4.69) is 23.5 Å². The molecular weight excluding hydrogens is 234 g/mol. The molecule has 0 aliphatic heterocycles. The average molecular weight is 253 g/mol. The van der Waals surface area contributed by atoms with Crippen LogP contribution in [-0.4, -0.2) is 28.9 Å². The Kier molecular flexibility index (Phi) is 5.28. The quantitative estimate of drug-likeness (QED) is 0.840. The Hall–Kier alpha value is -1.23. The van der Waals surface area contributed by atoms with Crippen LogP contribution in [0.5, 0.6) is 0 Å². The van der Waals surface area contributed by atoms with E-state index in [1.165, 1.54) is 0 Å². The first kappa shape index (κ1) is 13.8. The Bertz CT molecular complexity index is 375. The fourth-order valence-electron chi connectivity index (χ4n) is 1.43. The molecule has 1 amide bonds. The minimum atomic E-state index is -0.0875. The normalized spacial score (nSPS) is 12.2. The smallest absolute Gasteiger partial charge is 0.251 e. The van der Waals surface area contributed by atoms with E-state index in [1.807, 2.05) is 6.92 Å². The van der Waals surface area contributed by atoms with Crippen molar-refractivity contribution in [3.63, 3.8) is 0 Å². The van der Waals surface area contributed by atoms with Crippen molar-refractivity contribution in [2.75, 3.05) is 18.5 Å². The van der Waals surface area contributed by atoms with Crippen LogP contribution in [-0.2, 0) is 0 Å². The second kappa shape index (κ2) is 6.49. The molecule has 1 rings (SSSR count). The molecule has 0 saturated heterocycles. The molecule has 1 aromatic rings. The van der Waals surface area contributed by atoms with Crippen LogP contribution in [0.2, 0.25) is 0 Å². The molecular formula is C12H19N3OS. The molecule has 4 nitrogen and oxygen atoms in total. The van der Waals surface area contributed by atoms with Crippen molar-refractivity contribution in [2.24, 2.45) is 0 Å². The molecule has 94 valence electrons. The summed E-state index contributed by atoms with van der Waals surface area (Å²) in [7, 11) is 0. The van der Waals surface area contributed by atoms with Gasteiger partial charge in [-0.2, -0.15) is 11.8 Å². The van der Waals surface area contributed by atoms with Gasteiger partial charge in [0, 0.05) is 23.1 Å². The number of amides is 1. The van der Waals surface area contributed by atoms with Gasteiger partial charge in [-0.15, -0.1) is 0 Å². The molecule has 0 spiro atoms. The van der Waals surface area contributed by atoms with Crippen LogP contribution in [0, 0.1) is 6.92 Å². The van der Waals surface area contributed by atoms with E-state index in [1.54, 1.807) is 23.9 Å². The molecule has 1 atom stereocenters. The lowest BCUT2D eigenvalue weighted by atomic mass is 10.2. The van der Waals surface area contributed by atoms with Crippen molar-refractivity contribution in [3.05, 3.63) is 23.4 Å². The number of nitrogens with two attached hydrogens (primary N) is 1. The van der Waals surface area contributed by atoms with Crippen LogP contribution in [0.25, 0.3) is 0 Å². The second-order valence-electron chi connectivity index (χ2n) is 4.01. The summed E-state index contributed by atoms with van der Waals surface area (Å²) in [5.41, 5.74) is 6.93. The minimum Gasteiger partial charge on any atom is -0.384 e. The first-order valence-electron chi connectivity index (χ1n) is 5.58. The number of pyridine rings is 1. The number of aryl methyl sites for hydroxylation is 1. The Balaban J connectivity index is 2.52. The number of thioether (sulfide) groups is 1. The first-order valence-corrected chi connectivity index (χ1v) is 6.87. The number of nitrogen functional groups attached to an aromatic ring is 1. The van der Waals surface area contributed by atoms with Crippen molar-refractivity contribution >= 4 is 23.5 Å². The number of carbonyl (C=O) groups is 1. The fraction of sp³-hybridized carbons (Fsp3) is 0.500. The number of nitrogens with one attached hydrogen (secondary N) is 1. The van der Waals surface area contributed by atoms with E-state index < -0.39 is 0 Å². The average Bonchev–Trinajstić information content (AvgIpc) is 2.27. The molecule has 1 heterocycles. The zero-order chi connectivity index (χ0) is 12.8. The van der Waals surface area contributed by atoms with Gasteiger partial charge in [0.2, 0.25) is 0 Å². The van der Waals surface area contributed by atoms with Crippen molar-refractivity contribution in [2.45, 2.75) is 25.5 Å². The number of aromatic nitrogens is 1. The lowest BCUT2D eigenvalue weighted by molar-refractivity contribution is 0.0953. The molecule has 1 aromatic heterocycles.